The maximum Gasteiger partial charge on any atom is 0.107 e. The molecule has 0 aliphatic rings. The summed E-state index contributed by atoms with van der Waals surface area (Å²) in [6, 6.07) is 0. The quantitative estimate of drug-likeness (QED) is 0.847. The Kier molecular flexibility index (Phi) is 4.25. The molecule has 2 rings (SSSR count). The lowest BCUT2D eigenvalue weighted by atomic mass is 10.3. The highest BCUT2D eigenvalue weighted by Crippen LogP contribution is 2.15. The molecule has 0 bridgehead atoms. The minimum absolute atomic E-state index is 0.864. The van der Waals surface area contributed by atoms with Crippen LogP contribution in [0.5, 0.6) is 0 Å². The molecule has 0 saturated carbocycles. The topological polar surface area (TPSA) is 37.8 Å². The van der Waals surface area contributed by atoms with Gasteiger partial charge in [-0.05, 0) is 20.8 Å². The minimum Gasteiger partial charge on any atom is -0.310 e. The number of nitrogens with one attached hydrogen (secondary N) is 1. The van der Waals surface area contributed by atoms with E-state index in [0.29, 0.717) is 0 Å². The highest BCUT2D eigenvalue weighted by Gasteiger charge is 2.03. The minimum atomic E-state index is 0.864. The highest BCUT2D eigenvalue weighted by molar-refractivity contribution is 7.11. The Balaban J connectivity index is 1.73. The van der Waals surface area contributed by atoms with Gasteiger partial charge in [0.05, 0.1) is 16.4 Å². The van der Waals surface area contributed by atoms with Gasteiger partial charge in [-0.15, -0.1) is 22.7 Å². The number of aromatic nitrogens is 2. The summed E-state index contributed by atoms with van der Waals surface area (Å²) in [4.78, 5) is 10.3. The summed E-state index contributed by atoms with van der Waals surface area (Å²) in [5, 5.41) is 7.87. The Labute approximate surface area is 110 Å². The molecule has 2 heterocycles. The molecule has 2 aromatic rings. The molecule has 1 N–H and O–H groups in total. The summed E-state index contributed by atoms with van der Waals surface area (Å²) in [7, 11) is 0. The van der Waals surface area contributed by atoms with E-state index in [-0.39, 0.29) is 0 Å². The van der Waals surface area contributed by atoms with Crippen LogP contribution in [0.3, 0.4) is 0 Å². The standard InChI is InChI=1S/C12H17N3S2/c1-8-9(2)17-12(14-8)6-13-5-4-11-7-16-10(3)15-11/h7,13H,4-6H2,1-3H3. The van der Waals surface area contributed by atoms with Gasteiger partial charge >= 0.3 is 0 Å². The van der Waals surface area contributed by atoms with Crippen LogP contribution in [0, 0.1) is 20.8 Å². The SMILES string of the molecule is Cc1nc(CCNCc2nc(C)c(C)s2)cs1. The van der Waals surface area contributed by atoms with Crippen LogP contribution in [-0.2, 0) is 13.0 Å². The Morgan fingerprint density at radius 3 is 2.65 bits per heavy atom. The van der Waals surface area contributed by atoms with Crippen LogP contribution in [0.1, 0.15) is 26.3 Å². The predicted octanol–water partition coefficient (Wildman–Crippen LogP) is 2.86. The van der Waals surface area contributed by atoms with Crippen LogP contribution in [-0.4, -0.2) is 16.5 Å². The molecule has 0 saturated heterocycles. The van der Waals surface area contributed by atoms with Crippen molar-refractivity contribution in [2.45, 2.75) is 33.7 Å². The first kappa shape index (κ1) is 12.7. The van der Waals surface area contributed by atoms with Gasteiger partial charge in [0.1, 0.15) is 5.01 Å². The first-order valence-electron chi connectivity index (χ1n) is 5.70. The highest BCUT2D eigenvalue weighted by atomic mass is 32.1. The van der Waals surface area contributed by atoms with Gasteiger partial charge < -0.3 is 5.32 Å². The Morgan fingerprint density at radius 2 is 2.06 bits per heavy atom. The lowest BCUT2D eigenvalue weighted by molar-refractivity contribution is 0.677. The van der Waals surface area contributed by atoms with E-state index in [0.717, 1.165) is 30.2 Å². The predicted molar refractivity (Wildman–Crippen MR) is 73.8 cm³/mol. The Hall–Kier alpha value is -0.780. The Bertz CT molecular complexity index is 468. The average molecular weight is 267 g/mol. The number of hydrogen-bond acceptors (Lipinski definition) is 5. The largest absolute Gasteiger partial charge is 0.310 e. The summed E-state index contributed by atoms with van der Waals surface area (Å²) in [5.74, 6) is 0. The monoisotopic (exact) mass is 267 g/mol. The van der Waals surface area contributed by atoms with E-state index < -0.39 is 0 Å². The first-order valence-corrected chi connectivity index (χ1v) is 7.39. The fourth-order valence-corrected chi connectivity index (χ4v) is 3.10. The summed E-state index contributed by atoms with van der Waals surface area (Å²) in [5.41, 5.74) is 2.34. The van der Waals surface area contributed by atoms with Crippen molar-refractivity contribution in [1.82, 2.24) is 15.3 Å². The molecule has 0 unspecified atom stereocenters. The summed E-state index contributed by atoms with van der Waals surface area (Å²) >= 11 is 3.49. The second-order valence-corrected chi connectivity index (χ2v) is 6.38. The van der Waals surface area contributed by atoms with Crippen LogP contribution in [0.4, 0.5) is 0 Å². The molecule has 2 aromatic heterocycles. The maximum atomic E-state index is 4.50. The number of nitrogens with zero attached hydrogens (tertiary/aromatic N) is 2. The van der Waals surface area contributed by atoms with Gasteiger partial charge in [0.15, 0.2) is 0 Å². The van der Waals surface area contributed by atoms with E-state index in [1.165, 1.54) is 15.6 Å². The molecule has 0 radical (unpaired) electrons. The third-order valence-corrected chi connectivity index (χ3v) is 4.47. The van der Waals surface area contributed by atoms with Gasteiger partial charge in [-0.25, -0.2) is 9.97 Å². The number of hydrogen-bond donors (Lipinski definition) is 1. The number of aryl methyl sites for hydroxylation is 3. The van der Waals surface area contributed by atoms with Crippen molar-refractivity contribution in [3.05, 3.63) is 31.7 Å². The van der Waals surface area contributed by atoms with Crippen LogP contribution in [0.2, 0.25) is 0 Å². The van der Waals surface area contributed by atoms with E-state index >= 15 is 0 Å². The van der Waals surface area contributed by atoms with Crippen molar-refractivity contribution >= 4 is 22.7 Å². The number of rotatable bonds is 5. The van der Waals surface area contributed by atoms with Crippen molar-refractivity contribution in [2.75, 3.05) is 6.54 Å². The molecule has 0 amide bonds. The molecular formula is C12H17N3S2. The lowest BCUT2D eigenvalue weighted by Gasteiger charge is -2.00. The molecule has 0 spiro atoms. The Morgan fingerprint density at radius 1 is 1.24 bits per heavy atom. The number of thiazole rings is 2. The molecule has 17 heavy (non-hydrogen) atoms. The lowest BCUT2D eigenvalue weighted by Crippen LogP contribution is -2.16. The molecule has 0 aliphatic carbocycles. The van der Waals surface area contributed by atoms with Crippen LogP contribution >= 0.6 is 22.7 Å². The first-order chi connectivity index (χ1) is 8.15. The van der Waals surface area contributed by atoms with Crippen LogP contribution in [0.15, 0.2) is 5.38 Å². The third-order valence-electron chi connectivity index (χ3n) is 2.57. The van der Waals surface area contributed by atoms with E-state index in [4.69, 9.17) is 0 Å². The average Bonchev–Trinajstić information content (AvgIpc) is 2.82. The zero-order chi connectivity index (χ0) is 12.3. The third kappa shape index (κ3) is 3.59. The van der Waals surface area contributed by atoms with Gasteiger partial charge in [-0.2, -0.15) is 0 Å². The molecule has 0 aliphatic heterocycles. The van der Waals surface area contributed by atoms with E-state index in [1.807, 2.05) is 6.92 Å². The second-order valence-electron chi connectivity index (χ2n) is 4.03. The van der Waals surface area contributed by atoms with Gasteiger partial charge in [-0.1, -0.05) is 0 Å². The van der Waals surface area contributed by atoms with E-state index in [2.05, 4.69) is 34.5 Å². The molecule has 92 valence electrons. The van der Waals surface area contributed by atoms with Crippen molar-refractivity contribution in [1.29, 1.82) is 0 Å². The molecule has 0 aromatic carbocycles. The van der Waals surface area contributed by atoms with Crippen molar-refractivity contribution < 1.29 is 0 Å². The van der Waals surface area contributed by atoms with E-state index in [1.54, 1.807) is 22.7 Å². The van der Waals surface area contributed by atoms with Gasteiger partial charge in [-0.3, -0.25) is 0 Å². The zero-order valence-electron chi connectivity index (χ0n) is 10.4. The maximum absolute atomic E-state index is 4.50. The normalized spacial score (nSPS) is 11.0. The molecule has 3 nitrogen and oxygen atoms in total. The molecule has 5 heteroatoms. The molecule has 0 fully saturated rings. The van der Waals surface area contributed by atoms with Crippen molar-refractivity contribution in [2.24, 2.45) is 0 Å². The van der Waals surface area contributed by atoms with Crippen molar-refractivity contribution in [3.63, 3.8) is 0 Å². The summed E-state index contributed by atoms with van der Waals surface area (Å²) < 4.78 is 0. The van der Waals surface area contributed by atoms with Gasteiger partial charge in [0, 0.05) is 29.8 Å². The molecule has 0 atom stereocenters. The summed E-state index contributed by atoms with van der Waals surface area (Å²) in [6.45, 7) is 8.05. The zero-order valence-corrected chi connectivity index (χ0v) is 12.0. The molecular weight excluding hydrogens is 250 g/mol. The fourth-order valence-electron chi connectivity index (χ4n) is 1.55. The second kappa shape index (κ2) is 5.71. The van der Waals surface area contributed by atoms with E-state index in [9.17, 15) is 0 Å². The summed E-state index contributed by atoms with van der Waals surface area (Å²) in [6.07, 6.45) is 0.994. The van der Waals surface area contributed by atoms with Crippen molar-refractivity contribution in [3.8, 4) is 0 Å². The van der Waals surface area contributed by atoms with Crippen LogP contribution in [0.25, 0.3) is 0 Å². The fraction of sp³-hybridized carbons (Fsp3) is 0.500. The van der Waals surface area contributed by atoms with Gasteiger partial charge in [0.25, 0.3) is 0 Å². The van der Waals surface area contributed by atoms with Crippen LogP contribution < -0.4 is 5.32 Å². The van der Waals surface area contributed by atoms with Gasteiger partial charge in [0.2, 0.25) is 0 Å². The smallest absolute Gasteiger partial charge is 0.107 e.